The molecule has 1 aliphatic rings. The lowest BCUT2D eigenvalue weighted by atomic mass is 9.99. The maximum Gasteiger partial charge on any atom is 0.151 e. The molecule has 100 valence electrons. The van der Waals surface area contributed by atoms with Crippen LogP contribution in [-0.4, -0.2) is 33.0 Å². The molecule has 0 amide bonds. The number of nitrogens with two attached hydrogens (primary N) is 2. The SMILES string of the molecule is CS(=O)(=O)[C@@H]1[C@@H](c2cccc(F)c2)C1(CN)CN. The zero-order valence-corrected chi connectivity index (χ0v) is 11.0. The van der Waals surface area contributed by atoms with Gasteiger partial charge in [0, 0.05) is 30.7 Å². The van der Waals surface area contributed by atoms with Gasteiger partial charge in [0.15, 0.2) is 9.84 Å². The molecule has 0 radical (unpaired) electrons. The Morgan fingerprint density at radius 2 is 1.94 bits per heavy atom. The first-order valence-corrected chi connectivity index (χ1v) is 7.67. The van der Waals surface area contributed by atoms with Crippen molar-refractivity contribution in [2.24, 2.45) is 16.9 Å². The second kappa shape index (κ2) is 4.29. The molecule has 6 heteroatoms. The third-order valence-corrected chi connectivity index (χ3v) is 5.47. The molecule has 0 saturated heterocycles. The highest BCUT2D eigenvalue weighted by molar-refractivity contribution is 7.91. The average Bonchev–Trinajstić information content (AvgIpc) is 2.98. The van der Waals surface area contributed by atoms with E-state index in [2.05, 4.69) is 0 Å². The molecule has 4 nitrogen and oxygen atoms in total. The van der Waals surface area contributed by atoms with Crippen LogP contribution in [-0.2, 0) is 9.84 Å². The van der Waals surface area contributed by atoms with Crippen LogP contribution in [0.5, 0.6) is 0 Å². The van der Waals surface area contributed by atoms with Crippen LogP contribution in [0.1, 0.15) is 11.5 Å². The maximum absolute atomic E-state index is 13.2. The highest BCUT2D eigenvalue weighted by Crippen LogP contribution is 2.61. The summed E-state index contributed by atoms with van der Waals surface area (Å²) in [5.41, 5.74) is 11.4. The molecule has 4 N–H and O–H groups in total. The Kier molecular flexibility index (Phi) is 3.21. The monoisotopic (exact) mass is 272 g/mol. The molecule has 1 aromatic rings. The van der Waals surface area contributed by atoms with Gasteiger partial charge in [-0.25, -0.2) is 12.8 Å². The summed E-state index contributed by atoms with van der Waals surface area (Å²) < 4.78 is 36.8. The van der Waals surface area contributed by atoms with E-state index in [-0.39, 0.29) is 24.8 Å². The molecular formula is C12H17FN2O2S. The van der Waals surface area contributed by atoms with Crippen molar-refractivity contribution in [3.8, 4) is 0 Å². The Labute approximate surface area is 106 Å². The van der Waals surface area contributed by atoms with E-state index in [9.17, 15) is 12.8 Å². The molecule has 1 aliphatic carbocycles. The van der Waals surface area contributed by atoms with Crippen LogP contribution < -0.4 is 11.5 Å². The summed E-state index contributed by atoms with van der Waals surface area (Å²) in [6, 6.07) is 5.98. The molecule has 0 aromatic heterocycles. The third kappa shape index (κ3) is 1.94. The van der Waals surface area contributed by atoms with Gasteiger partial charge in [0.2, 0.25) is 0 Å². The first-order valence-electron chi connectivity index (χ1n) is 5.71. The summed E-state index contributed by atoms with van der Waals surface area (Å²) >= 11 is 0. The molecule has 18 heavy (non-hydrogen) atoms. The molecule has 0 heterocycles. The summed E-state index contributed by atoms with van der Waals surface area (Å²) in [6.07, 6.45) is 1.18. The van der Waals surface area contributed by atoms with E-state index in [4.69, 9.17) is 11.5 Å². The highest BCUT2D eigenvalue weighted by Gasteiger charge is 2.68. The van der Waals surface area contributed by atoms with Gasteiger partial charge in [-0.05, 0) is 17.7 Å². The molecule has 1 fully saturated rings. The Morgan fingerprint density at radius 3 is 2.33 bits per heavy atom. The average molecular weight is 272 g/mol. The molecule has 0 aliphatic heterocycles. The number of benzene rings is 1. The summed E-state index contributed by atoms with van der Waals surface area (Å²) in [5, 5.41) is -0.609. The number of hydrogen-bond acceptors (Lipinski definition) is 4. The van der Waals surface area contributed by atoms with Crippen molar-refractivity contribution < 1.29 is 12.8 Å². The largest absolute Gasteiger partial charge is 0.330 e. The summed E-state index contributed by atoms with van der Waals surface area (Å²) in [6.45, 7) is 0.366. The number of rotatable bonds is 4. The highest BCUT2D eigenvalue weighted by atomic mass is 32.2. The minimum absolute atomic E-state index is 0.183. The molecule has 0 bridgehead atoms. The van der Waals surface area contributed by atoms with Crippen LogP contribution in [0.25, 0.3) is 0 Å². The fraction of sp³-hybridized carbons (Fsp3) is 0.500. The van der Waals surface area contributed by atoms with Crippen molar-refractivity contribution in [1.82, 2.24) is 0 Å². The lowest BCUT2D eigenvalue weighted by Crippen LogP contribution is -2.31. The fourth-order valence-electron chi connectivity index (χ4n) is 2.90. The molecule has 1 aromatic carbocycles. The predicted octanol–water partition coefficient (Wildman–Crippen LogP) is 0.240. The fourth-order valence-corrected chi connectivity index (χ4v) is 4.94. The molecule has 2 atom stereocenters. The van der Waals surface area contributed by atoms with E-state index in [1.807, 2.05) is 0 Å². The van der Waals surface area contributed by atoms with Gasteiger partial charge in [0.25, 0.3) is 0 Å². The Hall–Kier alpha value is -0.980. The van der Waals surface area contributed by atoms with Gasteiger partial charge >= 0.3 is 0 Å². The molecule has 2 rings (SSSR count). The quantitative estimate of drug-likeness (QED) is 0.822. The number of sulfone groups is 1. The summed E-state index contributed by atoms with van der Waals surface area (Å²) in [7, 11) is -3.25. The van der Waals surface area contributed by atoms with E-state index >= 15 is 0 Å². The second-order valence-electron chi connectivity index (χ2n) is 4.92. The van der Waals surface area contributed by atoms with E-state index in [0.29, 0.717) is 5.56 Å². The molecule has 1 saturated carbocycles. The van der Waals surface area contributed by atoms with Crippen LogP contribution in [0.2, 0.25) is 0 Å². The van der Waals surface area contributed by atoms with Crippen LogP contribution in [0, 0.1) is 11.2 Å². The van der Waals surface area contributed by atoms with Gasteiger partial charge < -0.3 is 11.5 Å². The van der Waals surface area contributed by atoms with Gasteiger partial charge in [-0.3, -0.25) is 0 Å². The van der Waals surface area contributed by atoms with Crippen LogP contribution in [0.15, 0.2) is 24.3 Å². The smallest absolute Gasteiger partial charge is 0.151 e. The lowest BCUT2D eigenvalue weighted by molar-refractivity contribution is 0.510. The van der Waals surface area contributed by atoms with E-state index in [0.717, 1.165) is 0 Å². The summed E-state index contributed by atoms with van der Waals surface area (Å²) in [5.74, 6) is -0.687. The van der Waals surface area contributed by atoms with Crippen molar-refractivity contribution in [3.05, 3.63) is 35.6 Å². The topological polar surface area (TPSA) is 86.2 Å². The second-order valence-corrected chi connectivity index (χ2v) is 7.09. The van der Waals surface area contributed by atoms with Crippen molar-refractivity contribution in [2.45, 2.75) is 11.2 Å². The maximum atomic E-state index is 13.2. The third-order valence-electron chi connectivity index (χ3n) is 3.81. The van der Waals surface area contributed by atoms with Crippen molar-refractivity contribution >= 4 is 9.84 Å². The van der Waals surface area contributed by atoms with Gasteiger partial charge in [0.1, 0.15) is 5.82 Å². The Morgan fingerprint density at radius 1 is 1.33 bits per heavy atom. The van der Waals surface area contributed by atoms with Crippen molar-refractivity contribution in [2.75, 3.05) is 19.3 Å². The Balaban J connectivity index is 2.45. The van der Waals surface area contributed by atoms with Crippen molar-refractivity contribution in [3.63, 3.8) is 0 Å². The zero-order valence-electron chi connectivity index (χ0n) is 10.1. The lowest BCUT2D eigenvalue weighted by Gasteiger charge is -2.12. The van der Waals surface area contributed by atoms with Crippen LogP contribution in [0.4, 0.5) is 4.39 Å². The van der Waals surface area contributed by atoms with Gasteiger partial charge in [0.05, 0.1) is 5.25 Å². The molecule has 0 unspecified atom stereocenters. The Bertz CT molecular complexity index is 555. The summed E-state index contributed by atoms with van der Waals surface area (Å²) in [4.78, 5) is 0. The first-order chi connectivity index (χ1) is 8.36. The molecular weight excluding hydrogens is 255 g/mol. The number of halogens is 1. The normalized spacial score (nSPS) is 26.0. The standard InChI is InChI=1S/C12H17FN2O2S/c1-18(16,17)11-10(12(11,6-14)7-15)8-3-2-4-9(13)5-8/h2-5,10-11H,6-7,14-15H2,1H3/t10-,11-/m1/s1. The minimum atomic E-state index is -3.25. The van der Waals surface area contributed by atoms with E-state index in [1.165, 1.54) is 18.4 Å². The predicted molar refractivity (Wildman–Crippen MR) is 68.3 cm³/mol. The molecule has 0 spiro atoms. The number of hydrogen-bond donors (Lipinski definition) is 2. The minimum Gasteiger partial charge on any atom is -0.330 e. The van der Waals surface area contributed by atoms with Gasteiger partial charge in [-0.1, -0.05) is 12.1 Å². The van der Waals surface area contributed by atoms with E-state index in [1.54, 1.807) is 12.1 Å². The zero-order chi connectivity index (χ0) is 13.6. The van der Waals surface area contributed by atoms with Crippen LogP contribution in [0.3, 0.4) is 0 Å². The van der Waals surface area contributed by atoms with Crippen LogP contribution >= 0.6 is 0 Å². The van der Waals surface area contributed by atoms with E-state index < -0.39 is 20.5 Å². The van der Waals surface area contributed by atoms with Gasteiger partial charge in [-0.15, -0.1) is 0 Å². The van der Waals surface area contributed by atoms with Gasteiger partial charge in [-0.2, -0.15) is 0 Å². The first kappa shape index (κ1) is 13.5. The van der Waals surface area contributed by atoms with Crippen molar-refractivity contribution in [1.29, 1.82) is 0 Å².